The van der Waals surface area contributed by atoms with Gasteiger partial charge in [-0.25, -0.2) is 8.42 Å². The molecule has 41 heavy (non-hydrogen) atoms. The number of methoxy groups -OCH3 is 1. The first-order valence-corrected chi connectivity index (χ1v) is 15.4. The zero-order valence-electron chi connectivity index (χ0n) is 23.2. The molecule has 1 N–H and O–H groups in total. The molecule has 0 unspecified atom stereocenters. The van der Waals surface area contributed by atoms with E-state index >= 15 is 0 Å². The highest BCUT2D eigenvalue weighted by atomic mass is 35.5. The Labute approximate surface area is 256 Å². The molecule has 0 aliphatic heterocycles. The van der Waals surface area contributed by atoms with E-state index in [2.05, 4.69) is 5.32 Å². The van der Waals surface area contributed by atoms with Crippen molar-refractivity contribution in [2.24, 2.45) is 0 Å². The van der Waals surface area contributed by atoms with Crippen LogP contribution in [0.1, 0.15) is 31.4 Å². The summed E-state index contributed by atoms with van der Waals surface area (Å²) in [4.78, 5) is 28.5. The topological polar surface area (TPSA) is 96.0 Å². The number of likely N-dealkylation sites (N-methyl/N-ethyl adjacent to an activating group) is 1. The van der Waals surface area contributed by atoms with Crippen molar-refractivity contribution in [3.8, 4) is 5.75 Å². The lowest BCUT2D eigenvalue weighted by molar-refractivity contribution is -0.140. The van der Waals surface area contributed by atoms with E-state index in [9.17, 15) is 18.0 Å². The van der Waals surface area contributed by atoms with Crippen molar-refractivity contribution in [3.05, 3.63) is 86.9 Å². The first kappa shape index (κ1) is 32.5. The molecule has 0 saturated carbocycles. The van der Waals surface area contributed by atoms with E-state index in [0.29, 0.717) is 27.9 Å². The Morgan fingerprint density at radius 1 is 0.951 bits per heavy atom. The predicted octanol–water partition coefficient (Wildman–Crippen LogP) is 6.10. The molecular weight excluding hydrogens is 609 g/mol. The number of nitrogens with one attached hydrogen (secondary N) is 1. The Morgan fingerprint density at radius 2 is 1.59 bits per heavy atom. The zero-order chi connectivity index (χ0) is 30.3. The molecule has 3 aromatic rings. The Bertz CT molecular complexity index is 1480. The van der Waals surface area contributed by atoms with Crippen molar-refractivity contribution < 1.29 is 22.7 Å². The number of hydrogen-bond donors (Lipinski definition) is 1. The number of rotatable bonds is 12. The fourth-order valence-electron chi connectivity index (χ4n) is 4.24. The van der Waals surface area contributed by atoms with Gasteiger partial charge >= 0.3 is 0 Å². The number of hydrogen-bond acceptors (Lipinski definition) is 5. The largest absolute Gasteiger partial charge is 0.495 e. The number of aryl methyl sites for hydroxylation is 1. The molecule has 0 radical (unpaired) electrons. The van der Waals surface area contributed by atoms with E-state index in [0.717, 1.165) is 9.87 Å². The Kier molecular flexibility index (Phi) is 11.3. The SMILES string of the molecule is CCNC(=O)[C@@H](CC)N(Cc1c(Cl)cccc1Cl)C(=O)CN(c1ccc(OC)c(Cl)c1)S(=O)(=O)c1ccc(C)cc1. The number of sulfonamides is 1. The smallest absolute Gasteiger partial charge is 0.264 e. The van der Waals surface area contributed by atoms with Crippen LogP contribution in [0.15, 0.2) is 65.6 Å². The molecule has 3 aromatic carbocycles. The number of nitrogens with zero attached hydrogens (tertiary/aromatic N) is 2. The highest BCUT2D eigenvalue weighted by Crippen LogP contribution is 2.33. The number of ether oxygens (including phenoxy) is 1. The van der Waals surface area contributed by atoms with Gasteiger partial charge in [-0.1, -0.05) is 65.5 Å². The minimum Gasteiger partial charge on any atom is -0.495 e. The second-order valence-corrected chi connectivity index (χ2v) is 12.3. The number of amides is 2. The van der Waals surface area contributed by atoms with E-state index in [4.69, 9.17) is 39.5 Å². The summed E-state index contributed by atoms with van der Waals surface area (Å²) in [5, 5.41) is 3.54. The normalized spacial score (nSPS) is 12.0. The maximum Gasteiger partial charge on any atom is 0.264 e. The standard InChI is InChI=1S/C29H32Cl3N3O5S/c1-5-26(29(37)33-6-2)34(17-22-23(30)8-7-9-24(22)31)28(36)18-35(20-12-15-27(40-4)25(32)16-20)41(38,39)21-13-10-19(3)11-14-21/h7-16,26H,5-6,17-18H2,1-4H3,(H,33,37)/t26-/m1/s1. The predicted molar refractivity (Wildman–Crippen MR) is 163 cm³/mol. The monoisotopic (exact) mass is 639 g/mol. The molecule has 220 valence electrons. The summed E-state index contributed by atoms with van der Waals surface area (Å²) >= 11 is 19.2. The third kappa shape index (κ3) is 7.65. The molecule has 0 aromatic heterocycles. The summed E-state index contributed by atoms with van der Waals surface area (Å²) in [6, 6.07) is 14.7. The molecule has 12 heteroatoms. The highest BCUT2D eigenvalue weighted by Gasteiger charge is 2.34. The zero-order valence-corrected chi connectivity index (χ0v) is 26.2. The molecule has 8 nitrogen and oxygen atoms in total. The molecule has 0 fully saturated rings. The van der Waals surface area contributed by atoms with Gasteiger partial charge in [-0.15, -0.1) is 0 Å². The van der Waals surface area contributed by atoms with Crippen molar-refractivity contribution >= 4 is 62.3 Å². The number of halogens is 3. The van der Waals surface area contributed by atoms with Crippen molar-refractivity contribution in [3.63, 3.8) is 0 Å². The van der Waals surface area contributed by atoms with Crippen molar-refractivity contribution in [1.29, 1.82) is 0 Å². The van der Waals surface area contributed by atoms with Crippen LogP contribution < -0.4 is 14.4 Å². The van der Waals surface area contributed by atoms with E-state index < -0.39 is 28.5 Å². The maximum absolute atomic E-state index is 14.1. The van der Waals surface area contributed by atoms with Crippen LogP contribution in [0.2, 0.25) is 15.1 Å². The second kappa shape index (κ2) is 14.3. The lowest BCUT2D eigenvalue weighted by Crippen LogP contribution is -2.52. The Hall–Kier alpha value is -2.98. The van der Waals surface area contributed by atoms with Gasteiger partial charge in [0.25, 0.3) is 10.0 Å². The molecule has 0 aliphatic carbocycles. The van der Waals surface area contributed by atoms with Crippen molar-refractivity contribution in [2.75, 3.05) is 24.5 Å². The summed E-state index contributed by atoms with van der Waals surface area (Å²) in [5.41, 5.74) is 1.45. The molecule has 2 amide bonds. The lowest BCUT2D eigenvalue weighted by atomic mass is 10.1. The Balaban J connectivity index is 2.13. The molecule has 0 bridgehead atoms. The van der Waals surface area contributed by atoms with Crippen molar-refractivity contribution in [1.82, 2.24) is 10.2 Å². The Morgan fingerprint density at radius 3 is 2.12 bits per heavy atom. The number of carbonyl (C=O) groups excluding carboxylic acids is 2. The van der Waals surface area contributed by atoms with Crippen LogP contribution in [0.4, 0.5) is 5.69 Å². The fourth-order valence-corrected chi connectivity index (χ4v) is 6.42. The van der Waals surface area contributed by atoms with E-state index in [-0.39, 0.29) is 34.5 Å². The molecule has 0 heterocycles. The highest BCUT2D eigenvalue weighted by molar-refractivity contribution is 7.92. The van der Waals surface area contributed by atoms with Crippen LogP contribution in [0.5, 0.6) is 5.75 Å². The maximum atomic E-state index is 14.1. The molecule has 0 saturated heterocycles. The van der Waals surface area contributed by atoms with Gasteiger partial charge in [-0.05, 0) is 62.7 Å². The minimum absolute atomic E-state index is 0.0145. The van der Waals surface area contributed by atoms with E-state index in [1.54, 1.807) is 44.2 Å². The average Bonchev–Trinajstić information content (AvgIpc) is 2.93. The van der Waals surface area contributed by atoms with Gasteiger partial charge < -0.3 is 15.0 Å². The van der Waals surface area contributed by atoms with Crippen LogP contribution >= 0.6 is 34.8 Å². The van der Waals surface area contributed by atoms with Crippen LogP contribution in [0, 0.1) is 6.92 Å². The minimum atomic E-state index is -4.25. The summed E-state index contributed by atoms with van der Waals surface area (Å²) in [6.45, 7) is 4.97. The van der Waals surface area contributed by atoms with Crippen molar-refractivity contribution in [2.45, 2.75) is 44.7 Å². The number of carbonyl (C=O) groups is 2. The van der Waals surface area contributed by atoms with Crippen LogP contribution in [0.3, 0.4) is 0 Å². The first-order chi connectivity index (χ1) is 19.4. The number of benzene rings is 3. The van der Waals surface area contributed by atoms with Gasteiger partial charge in [-0.3, -0.25) is 13.9 Å². The van der Waals surface area contributed by atoms with Crippen LogP contribution in [0.25, 0.3) is 0 Å². The van der Waals surface area contributed by atoms with Gasteiger partial charge in [0.1, 0.15) is 18.3 Å². The molecular formula is C29H32Cl3N3O5S. The van der Waals surface area contributed by atoms with Gasteiger partial charge in [0.05, 0.1) is 22.7 Å². The number of anilines is 1. The lowest BCUT2D eigenvalue weighted by Gasteiger charge is -2.33. The summed E-state index contributed by atoms with van der Waals surface area (Å²) in [7, 11) is -2.81. The molecule has 0 aliphatic rings. The molecule has 0 spiro atoms. The second-order valence-electron chi connectivity index (χ2n) is 9.18. The first-order valence-electron chi connectivity index (χ1n) is 12.9. The van der Waals surface area contributed by atoms with Crippen LogP contribution in [-0.4, -0.2) is 51.4 Å². The van der Waals surface area contributed by atoms with Gasteiger partial charge in [0.2, 0.25) is 11.8 Å². The molecule has 3 rings (SSSR count). The van der Waals surface area contributed by atoms with E-state index in [1.807, 2.05) is 6.92 Å². The van der Waals surface area contributed by atoms with E-state index in [1.165, 1.54) is 42.3 Å². The summed E-state index contributed by atoms with van der Waals surface area (Å²) in [5.74, 6) is -0.680. The molecule has 1 atom stereocenters. The van der Waals surface area contributed by atoms with Gasteiger partial charge in [0, 0.05) is 28.7 Å². The van der Waals surface area contributed by atoms with Gasteiger partial charge in [0.15, 0.2) is 0 Å². The third-order valence-electron chi connectivity index (χ3n) is 6.44. The average molecular weight is 641 g/mol. The quantitative estimate of drug-likeness (QED) is 0.258. The summed E-state index contributed by atoms with van der Waals surface area (Å²) < 4.78 is 34.1. The van der Waals surface area contributed by atoms with Crippen LogP contribution in [-0.2, 0) is 26.2 Å². The third-order valence-corrected chi connectivity index (χ3v) is 9.23. The summed E-state index contributed by atoms with van der Waals surface area (Å²) in [6.07, 6.45) is 0.263. The fraction of sp³-hybridized carbons (Fsp3) is 0.310. The van der Waals surface area contributed by atoms with Gasteiger partial charge in [-0.2, -0.15) is 0 Å².